The van der Waals surface area contributed by atoms with Crippen LogP contribution in [0.3, 0.4) is 0 Å². The van der Waals surface area contributed by atoms with E-state index in [1.807, 2.05) is 0 Å². The number of carbonyl (C=O) groups is 1. The van der Waals surface area contributed by atoms with Crippen LogP contribution in [-0.4, -0.2) is 20.5 Å². The number of rotatable bonds is 1. The van der Waals surface area contributed by atoms with E-state index in [4.69, 9.17) is 5.11 Å². The summed E-state index contributed by atoms with van der Waals surface area (Å²) in [6, 6.07) is 1.67. The van der Waals surface area contributed by atoms with E-state index in [1.54, 1.807) is 22.9 Å². The minimum atomic E-state index is -0.956. The highest BCUT2D eigenvalue weighted by molar-refractivity contribution is 9.10. The van der Waals surface area contributed by atoms with Crippen LogP contribution in [0, 0.1) is 0 Å². The molecule has 2 heterocycles. The Bertz CT molecular complexity index is 478. The molecule has 13 heavy (non-hydrogen) atoms. The van der Waals surface area contributed by atoms with Crippen molar-refractivity contribution in [3.63, 3.8) is 0 Å². The molecule has 0 atom stereocenters. The predicted molar refractivity (Wildman–Crippen MR) is 49.9 cm³/mol. The van der Waals surface area contributed by atoms with Crippen molar-refractivity contribution in [1.29, 1.82) is 0 Å². The Hall–Kier alpha value is -1.36. The van der Waals surface area contributed by atoms with Crippen molar-refractivity contribution in [2.45, 2.75) is 0 Å². The number of halogens is 1. The molecule has 0 radical (unpaired) electrons. The quantitative estimate of drug-likeness (QED) is 0.828. The van der Waals surface area contributed by atoms with Crippen LogP contribution in [0.4, 0.5) is 0 Å². The van der Waals surface area contributed by atoms with Gasteiger partial charge < -0.3 is 9.51 Å². The van der Waals surface area contributed by atoms with Crippen LogP contribution in [0.1, 0.15) is 10.4 Å². The Labute approximate surface area is 82.0 Å². The maximum Gasteiger partial charge on any atom is 0.338 e. The first-order valence-electron chi connectivity index (χ1n) is 3.54. The fourth-order valence-corrected chi connectivity index (χ4v) is 1.57. The third-order valence-corrected chi connectivity index (χ3v) is 2.37. The van der Waals surface area contributed by atoms with Crippen LogP contribution in [0.5, 0.6) is 0 Å². The molecule has 0 amide bonds. The number of hydrogen-bond acceptors (Lipinski definition) is 2. The molecule has 66 valence electrons. The summed E-state index contributed by atoms with van der Waals surface area (Å²) >= 11 is 3.17. The van der Waals surface area contributed by atoms with Crippen molar-refractivity contribution in [3.8, 4) is 0 Å². The molecule has 0 aliphatic rings. The van der Waals surface area contributed by atoms with Crippen molar-refractivity contribution in [3.05, 3.63) is 34.7 Å². The van der Waals surface area contributed by atoms with Crippen LogP contribution in [0.25, 0.3) is 5.65 Å². The number of nitrogens with zero attached hydrogens (tertiary/aromatic N) is 2. The second kappa shape index (κ2) is 2.85. The topological polar surface area (TPSA) is 54.6 Å². The molecule has 4 nitrogen and oxygen atoms in total. The molecule has 0 aromatic carbocycles. The predicted octanol–water partition coefficient (Wildman–Crippen LogP) is 1.79. The fourth-order valence-electron chi connectivity index (χ4n) is 1.09. The van der Waals surface area contributed by atoms with Gasteiger partial charge in [0.25, 0.3) is 0 Å². The average Bonchev–Trinajstić information content (AvgIpc) is 2.48. The van der Waals surface area contributed by atoms with Gasteiger partial charge in [-0.1, -0.05) is 0 Å². The Kier molecular flexibility index (Phi) is 1.81. The second-order valence-corrected chi connectivity index (χ2v) is 3.39. The van der Waals surface area contributed by atoms with Crippen molar-refractivity contribution >= 4 is 27.5 Å². The fraction of sp³-hybridized carbons (Fsp3) is 0. The molecular weight excluding hydrogens is 236 g/mol. The molecule has 0 saturated heterocycles. The minimum Gasteiger partial charge on any atom is -0.478 e. The maximum atomic E-state index is 10.7. The van der Waals surface area contributed by atoms with E-state index < -0.39 is 5.97 Å². The lowest BCUT2D eigenvalue weighted by atomic mass is 10.3. The van der Waals surface area contributed by atoms with Gasteiger partial charge in [0, 0.05) is 23.1 Å². The zero-order valence-corrected chi connectivity index (χ0v) is 8.02. The summed E-state index contributed by atoms with van der Waals surface area (Å²) in [6.45, 7) is 0. The van der Waals surface area contributed by atoms with E-state index in [0.717, 1.165) is 5.65 Å². The highest BCUT2D eigenvalue weighted by Gasteiger charge is 2.09. The maximum absolute atomic E-state index is 10.7. The Balaban J connectivity index is 2.76. The van der Waals surface area contributed by atoms with Gasteiger partial charge in [0.2, 0.25) is 0 Å². The number of carboxylic acids is 1. The van der Waals surface area contributed by atoms with Crippen molar-refractivity contribution < 1.29 is 9.90 Å². The third-order valence-electron chi connectivity index (χ3n) is 1.71. The third kappa shape index (κ3) is 1.31. The molecule has 0 bridgehead atoms. The number of aromatic carboxylic acids is 1. The summed E-state index contributed by atoms with van der Waals surface area (Å²) in [4.78, 5) is 14.7. The van der Waals surface area contributed by atoms with Crippen molar-refractivity contribution in [2.75, 3.05) is 0 Å². The molecule has 0 aliphatic heterocycles. The Morgan fingerprint density at radius 2 is 2.38 bits per heavy atom. The van der Waals surface area contributed by atoms with Crippen LogP contribution >= 0.6 is 15.9 Å². The van der Waals surface area contributed by atoms with Crippen LogP contribution < -0.4 is 0 Å². The molecular formula is C8H5BrN2O2. The molecule has 2 aromatic heterocycles. The highest BCUT2D eigenvalue weighted by Crippen LogP contribution is 2.18. The zero-order chi connectivity index (χ0) is 9.42. The normalized spacial score (nSPS) is 10.5. The van der Waals surface area contributed by atoms with E-state index >= 15 is 0 Å². The van der Waals surface area contributed by atoms with E-state index in [1.165, 1.54) is 6.20 Å². The zero-order valence-electron chi connectivity index (χ0n) is 6.44. The lowest BCUT2D eigenvalue weighted by Crippen LogP contribution is -2.00. The van der Waals surface area contributed by atoms with E-state index in [0.29, 0.717) is 4.47 Å². The van der Waals surface area contributed by atoms with Crippen LogP contribution in [-0.2, 0) is 0 Å². The standard InChI is InChI=1S/C8H5BrN2O2/c9-6-3-7-10-1-2-11(7)4-5(6)8(12)13/h1-4H,(H,12,13). The minimum absolute atomic E-state index is 0.227. The Morgan fingerprint density at radius 1 is 1.62 bits per heavy atom. The molecule has 0 saturated carbocycles. The molecule has 0 fully saturated rings. The number of aromatic nitrogens is 2. The first-order valence-corrected chi connectivity index (χ1v) is 4.33. The smallest absolute Gasteiger partial charge is 0.338 e. The summed E-state index contributed by atoms with van der Waals surface area (Å²) < 4.78 is 2.20. The molecule has 0 unspecified atom stereocenters. The molecule has 2 rings (SSSR count). The summed E-state index contributed by atoms with van der Waals surface area (Å²) in [5, 5.41) is 8.80. The van der Waals surface area contributed by atoms with Gasteiger partial charge in [-0.15, -0.1) is 0 Å². The van der Waals surface area contributed by atoms with Gasteiger partial charge in [0.1, 0.15) is 5.65 Å². The number of fused-ring (bicyclic) bond motifs is 1. The summed E-state index contributed by atoms with van der Waals surface area (Å²) in [5.41, 5.74) is 0.947. The molecule has 2 aromatic rings. The van der Waals surface area contributed by atoms with Gasteiger partial charge in [-0.2, -0.15) is 0 Å². The molecule has 5 heteroatoms. The summed E-state index contributed by atoms with van der Waals surface area (Å²) in [6.07, 6.45) is 4.84. The molecule has 1 N–H and O–H groups in total. The SMILES string of the molecule is O=C(O)c1cn2ccnc2cc1Br. The lowest BCUT2D eigenvalue weighted by molar-refractivity contribution is 0.0695. The summed E-state index contributed by atoms with van der Waals surface area (Å²) in [5.74, 6) is -0.956. The number of hydrogen-bond donors (Lipinski definition) is 1. The van der Waals surface area contributed by atoms with E-state index in [-0.39, 0.29) is 5.56 Å². The van der Waals surface area contributed by atoms with E-state index in [2.05, 4.69) is 20.9 Å². The van der Waals surface area contributed by atoms with E-state index in [9.17, 15) is 4.79 Å². The highest BCUT2D eigenvalue weighted by atomic mass is 79.9. The van der Waals surface area contributed by atoms with Gasteiger partial charge in [-0.05, 0) is 22.0 Å². The van der Waals surface area contributed by atoms with Gasteiger partial charge in [0.15, 0.2) is 0 Å². The lowest BCUT2D eigenvalue weighted by Gasteiger charge is -1.99. The first kappa shape index (κ1) is 8.25. The Morgan fingerprint density at radius 3 is 3.08 bits per heavy atom. The number of pyridine rings is 1. The monoisotopic (exact) mass is 240 g/mol. The molecule has 0 spiro atoms. The van der Waals surface area contributed by atoms with Gasteiger partial charge >= 0.3 is 5.97 Å². The largest absolute Gasteiger partial charge is 0.478 e. The number of carboxylic acid groups (broad SMARTS) is 1. The molecule has 0 aliphatic carbocycles. The second-order valence-electron chi connectivity index (χ2n) is 2.53. The summed E-state index contributed by atoms with van der Waals surface area (Å²) in [7, 11) is 0. The average molecular weight is 241 g/mol. The van der Waals surface area contributed by atoms with Crippen LogP contribution in [0.2, 0.25) is 0 Å². The van der Waals surface area contributed by atoms with Crippen molar-refractivity contribution in [1.82, 2.24) is 9.38 Å². The van der Waals surface area contributed by atoms with Crippen LogP contribution in [0.15, 0.2) is 29.1 Å². The van der Waals surface area contributed by atoms with Gasteiger partial charge in [0.05, 0.1) is 5.56 Å². The van der Waals surface area contributed by atoms with Gasteiger partial charge in [-0.25, -0.2) is 9.78 Å². The van der Waals surface area contributed by atoms with Crippen molar-refractivity contribution in [2.24, 2.45) is 0 Å². The first-order chi connectivity index (χ1) is 6.18. The van der Waals surface area contributed by atoms with Gasteiger partial charge in [-0.3, -0.25) is 0 Å². The number of imidazole rings is 1.